The third kappa shape index (κ3) is 2.98. The quantitative estimate of drug-likeness (QED) is 0.750. The van der Waals surface area contributed by atoms with Gasteiger partial charge < -0.3 is 9.42 Å². The molecule has 1 aromatic rings. The molecule has 0 radical (unpaired) electrons. The van der Waals surface area contributed by atoms with Crippen LogP contribution in [0.4, 0.5) is 0 Å². The van der Waals surface area contributed by atoms with E-state index in [1.165, 1.54) is 0 Å². The van der Waals surface area contributed by atoms with Gasteiger partial charge in [0.2, 0.25) is 0 Å². The van der Waals surface area contributed by atoms with E-state index in [-0.39, 0.29) is 0 Å². The predicted molar refractivity (Wildman–Crippen MR) is 51.5 cm³/mol. The molecule has 0 aliphatic carbocycles. The van der Waals surface area contributed by atoms with Gasteiger partial charge in [0.15, 0.2) is 0 Å². The minimum atomic E-state index is -1.83. The molecular formula is C8H10ClO2P. The van der Waals surface area contributed by atoms with E-state index in [4.69, 9.17) is 20.7 Å². The van der Waals surface area contributed by atoms with E-state index in [1.54, 1.807) is 0 Å². The standard InChI is InChI=1S/C8H10ClO2P/c1-6-3-7(2)5-8(4-6)11-12(9)10/h3-5,10H,1-2H3. The second kappa shape index (κ2) is 4.08. The molecule has 0 saturated carbocycles. The maximum atomic E-state index is 8.80. The Hall–Kier alpha value is -0.300. The highest BCUT2D eigenvalue weighted by Crippen LogP contribution is 2.38. The number of benzene rings is 1. The van der Waals surface area contributed by atoms with E-state index in [1.807, 2.05) is 32.0 Å². The zero-order chi connectivity index (χ0) is 9.14. The maximum absolute atomic E-state index is 8.80. The molecule has 0 aliphatic heterocycles. The monoisotopic (exact) mass is 204 g/mol. The lowest BCUT2D eigenvalue weighted by Gasteiger charge is -2.06. The Morgan fingerprint density at radius 3 is 2.17 bits per heavy atom. The lowest BCUT2D eigenvalue weighted by Crippen LogP contribution is -1.84. The number of halogens is 1. The summed E-state index contributed by atoms with van der Waals surface area (Å²) in [4.78, 5) is 8.80. The Morgan fingerprint density at radius 1 is 1.25 bits per heavy atom. The molecule has 2 nitrogen and oxygen atoms in total. The third-order valence-electron chi connectivity index (χ3n) is 1.38. The Labute approximate surface area is 77.8 Å². The van der Waals surface area contributed by atoms with Crippen LogP contribution in [-0.4, -0.2) is 4.89 Å². The summed E-state index contributed by atoms with van der Waals surface area (Å²) < 4.78 is 4.96. The lowest BCUT2D eigenvalue weighted by atomic mass is 10.1. The van der Waals surface area contributed by atoms with Crippen LogP contribution in [0.2, 0.25) is 0 Å². The maximum Gasteiger partial charge on any atom is 0.335 e. The van der Waals surface area contributed by atoms with Gasteiger partial charge in [0.1, 0.15) is 5.75 Å². The second-order valence-corrected chi connectivity index (χ2v) is 4.14. The van der Waals surface area contributed by atoms with Crippen LogP contribution < -0.4 is 4.52 Å². The van der Waals surface area contributed by atoms with Crippen molar-refractivity contribution < 1.29 is 9.42 Å². The highest BCUT2D eigenvalue weighted by molar-refractivity contribution is 7.75. The van der Waals surface area contributed by atoms with Crippen molar-refractivity contribution in [2.24, 2.45) is 0 Å². The molecule has 0 aliphatic rings. The fourth-order valence-corrected chi connectivity index (χ4v) is 1.59. The molecular weight excluding hydrogens is 195 g/mol. The van der Waals surface area contributed by atoms with Gasteiger partial charge in [-0.25, -0.2) is 0 Å². The molecule has 1 atom stereocenters. The molecule has 0 heterocycles. The number of rotatable bonds is 2. The van der Waals surface area contributed by atoms with E-state index >= 15 is 0 Å². The van der Waals surface area contributed by atoms with E-state index < -0.39 is 7.73 Å². The molecule has 1 rings (SSSR count). The summed E-state index contributed by atoms with van der Waals surface area (Å²) >= 11 is 5.32. The van der Waals surface area contributed by atoms with Crippen LogP contribution in [0.5, 0.6) is 5.75 Å². The Balaban J connectivity index is 2.85. The first kappa shape index (κ1) is 9.79. The van der Waals surface area contributed by atoms with E-state index in [0.717, 1.165) is 11.1 Å². The smallest absolute Gasteiger partial charge is 0.335 e. The summed E-state index contributed by atoms with van der Waals surface area (Å²) in [6.45, 7) is 3.93. The van der Waals surface area contributed by atoms with Crippen molar-refractivity contribution in [2.75, 3.05) is 0 Å². The molecule has 0 bridgehead atoms. The van der Waals surface area contributed by atoms with Gasteiger partial charge in [-0.05, 0) is 48.3 Å². The summed E-state index contributed by atoms with van der Waals surface area (Å²) in [6, 6.07) is 5.70. The number of aryl methyl sites for hydroxylation is 2. The Kier molecular flexibility index (Phi) is 3.33. The summed E-state index contributed by atoms with van der Waals surface area (Å²) in [6.07, 6.45) is 0. The minimum Gasteiger partial charge on any atom is -0.436 e. The molecule has 0 amide bonds. The molecule has 1 unspecified atom stereocenters. The third-order valence-corrected chi connectivity index (χ3v) is 1.94. The number of hydrogen-bond donors (Lipinski definition) is 1. The summed E-state index contributed by atoms with van der Waals surface area (Å²) in [5.41, 5.74) is 2.19. The van der Waals surface area contributed by atoms with Crippen LogP contribution in [-0.2, 0) is 0 Å². The SMILES string of the molecule is Cc1cc(C)cc(OP(O)Cl)c1. The number of hydrogen-bond acceptors (Lipinski definition) is 2. The Bertz CT molecular complexity index is 256. The van der Waals surface area contributed by atoms with Gasteiger partial charge >= 0.3 is 7.73 Å². The molecule has 1 N–H and O–H groups in total. The van der Waals surface area contributed by atoms with Crippen LogP contribution in [0, 0.1) is 13.8 Å². The lowest BCUT2D eigenvalue weighted by molar-refractivity contribution is 0.506. The molecule has 0 aromatic heterocycles. The van der Waals surface area contributed by atoms with Crippen molar-refractivity contribution in [2.45, 2.75) is 13.8 Å². The van der Waals surface area contributed by atoms with Crippen LogP contribution >= 0.6 is 19.0 Å². The largest absolute Gasteiger partial charge is 0.436 e. The van der Waals surface area contributed by atoms with Gasteiger partial charge in [-0.15, -0.1) is 0 Å². The van der Waals surface area contributed by atoms with Crippen molar-refractivity contribution in [3.63, 3.8) is 0 Å². The fourth-order valence-electron chi connectivity index (χ4n) is 1.07. The van der Waals surface area contributed by atoms with Crippen molar-refractivity contribution in [1.82, 2.24) is 0 Å². The van der Waals surface area contributed by atoms with Crippen molar-refractivity contribution in [3.05, 3.63) is 29.3 Å². The fraction of sp³-hybridized carbons (Fsp3) is 0.250. The predicted octanol–water partition coefficient (Wildman–Crippen LogP) is 3.14. The van der Waals surface area contributed by atoms with Crippen molar-refractivity contribution in [1.29, 1.82) is 0 Å². The zero-order valence-electron chi connectivity index (χ0n) is 6.91. The summed E-state index contributed by atoms with van der Waals surface area (Å²) in [5.74, 6) is 0.621. The Morgan fingerprint density at radius 2 is 1.75 bits per heavy atom. The van der Waals surface area contributed by atoms with Crippen LogP contribution in [0.15, 0.2) is 18.2 Å². The zero-order valence-corrected chi connectivity index (χ0v) is 8.56. The molecule has 0 spiro atoms. The average Bonchev–Trinajstić information content (AvgIpc) is 1.81. The first-order chi connectivity index (χ1) is 5.58. The molecule has 1 aromatic carbocycles. The molecule has 4 heteroatoms. The van der Waals surface area contributed by atoms with Gasteiger partial charge in [-0.2, -0.15) is 0 Å². The van der Waals surface area contributed by atoms with Crippen LogP contribution in [0.25, 0.3) is 0 Å². The average molecular weight is 205 g/mol. The normalized spacial score (nSPS) is 12.7. The summed E-state index contributed by atoms with van der Waals surface area (Å²) in [5, 5.41) is 0. The van der Waals surface area contributed by atoms with Gasteiger partial charge in [0.05, 0.1) is 0 Å². The van der Waals surface area contributed by atoms with Gasteiger partial charge in [0.25, 0.3) is 0 Å². The highest BCUT2D eigenvalue weighted by atomic mass is 35.7. The topological polar surface area (TPSA) is 29.5 Å². The van der Waals surface area contributed by atoms with Gasteiger partial charge in [-0.3, -0.25) is 0 Å². The van der Waals surface area contributed by atoms with Crippen LogP contribution in [0.1, 0.15) is 11.1 Å². The molecule has 0 fully saturated rings. The van der Waals surface area contributed by atoms with E-state index in [9.17, 15) is 0 Å². The van der Waals surface area contributed by atoms with Crippen molar-refractivity contribution in [3.8, 4) is 5.75 Å². The minimum absolute atomic E-state index is 0.621. The summed E-state index contributed by atoms with van der Waals surface area (Å²) in [7, 11) is -1.83. The first-order valence-corrected chi connectivity index (χ1v) is 5.61. The molecule has 66 valence electrons. The van der Waals surface area contributed by atoms with Gasteiger partial charge in [0, 0.05) is 0 Å². The van der Waals surface area contributed by atoms with E-state index in [0.29, 0.717) is 5.75 Å². The van der Waals surface area contributed by atoms with E-state index in [2.05, 4.69) is 0 Å². The second-order valence-electron chi connectivity index (χ2n) is 2.64. The first-order valence-electron chi connectivity index (χ1n) is 3.49. The molecule has 0 saturated heterocycles. The van der Waals surface area contributed by atoms with Crippen LogP contribution in [0.3, 0.4) is 0 Å². The van der Waals surface area contributed by atoms with Crippen molar-refractivity contribution >= 4 is 19.0 Å². The molecule has 12 heavy (non-hydrogen) atoms. The highest BCUT2D eigenvalue weighted by Gasteiger charge is 2.02. The van der Waals surface area contributed by atoms with Gasteiger partial charge in [-0.1, -0.05) is 6.07 Å².